The Labute approximate surface area is 105 Å². The molecule has 1 aromatic carbocycles. The largest absolute Gasteiger partial charge is 0.416 e. The van der Waals surface area contributed by atoms with E-state index in [2.05, 4.69) is 0 Å². The smallest absolute Gasteiger partial charge is 0.330 e. The van der Waals surface area contributed by atoms with Crippen LogP contribution in [0.25, 0.3) is 0 Å². The monoisotopic (exact) mass is 286 g/mol. The molecule has 1 aromatic rings. The minimum Gasteiger partial charge on any atom is -0.330 e. The minimum absolute atomic E-state index is 0.0191. The Bertz CT molecular complexity index is 438. The second-order valence-corrected chi connectivity index (χ2v) is 3.98. The highest BCUT2D eigenvalue weighted by molar-refractivity contribution is 5.37. The van der Waals surface area contributed by atoms with E-state index in [1.54, 1.807) is 0 Å². The number of nitrogens with two attached hydrogens (primary N) is 2. The van der Waals surface area contributed by atoms with Crippen molar-refractivity contribution in [3.8, 4) is 0 Å². The Balaban J connectivity index is 3.35. The third-order valence-corrected chi connectivity index (χ3v) is 2.56. The lowest BCUT2D eigenvalue weighted by Crippen LogP contribution is -2.21. The van der Waals surface area contributed by atoms with Crippen LogP contribution in [-0.2, 0) is 12.4 Å². The lowest BCUT2D eigenvalue weighted by Gasteiger charge is -2.19. The van der Waals surface area contributed by atoms with Crippen LogP contribution < -0.4 is 11.5 Å². The molecule has 0 radical (unpaired) electrons. The van der Waals surface area contributed by atoms with Crippen molar-refractivity contribution in [1.82, 2.24) is 0 Å². The molecule has 0 aliphatic heterocycles. The normalized spacial score (nSPS) is 14.5. The number of halogens is 6. The van der Waals surface area contributed by atoms with Crippen LogP contribution in [0.4, 0.5) is 26.3 Å². The van der Waals surface area contributed by atoms with Gasteiger partial charge in [-0.05, 0) is 36.7 Å². The molecule has 19 heavy (non-hydrogen) atoms. The van der Waals surface area contributed by atoms with Crippen molar-refractivity contribution < 1.29 is 26.3 Å². The lowest BCUT2D eigenvalue weighted by molar-refractivity contribution is -0.142. The average molecular weight is 286 g/mol. The Kier molecular flexibility index (Phi) is 4.46. The van der Waals surface area contributed by atoms with Crippen LogP contribution in [0.1, 0.15) is 29.2 Å². The van der Waals surface area contributed by atoms with Crippen LogP contribution in [0.2, 0.25) is 0 Å². The molecule has 0 heterocycles. The third-order valence-electron chi connectivity index (χ3n) is 2.56. The summed E-state index contributed by atoms with van der Waals surface area (Å²) in [6.07, 6.45) is -9.52. The molecule has 0 saturated heterocycles. The number of rotatable bonds is 3. The Morgan fingerprint density at radius 1 is 1.00 bits per heavy atom. The number of benzene rings is 1. The summed E-state index contributed by atoms with van der Waals surface area (Å²) in [4.78, 5) is 0. The molecular weight excluding hydrogens is 274 g/mol. The zero-order chi connectivity index (χ0) is 14.8. The maximum Gasteiger partial charge on any atom is 0.416 e. The van der Waals surface area contributed by atoms with Crippen LogP contribution in [0, 0.1) is 0 Å². The molecule has 4 N–H and O–H groups in total. The second kappa shape index (κ2) is 5.38. The van der Waals surface area contributed by atoms with Crippen molar-refractivity contribution in [2.45, 2.75) is 24.8 Å². The summed E-state index contributed by atoms with van der Waals surface area (Å²) in [5, 5.41) is 0. The Hall–Kier alpha value is -1.28. The fourth-order valence-electron chi connectivity index (χ4n) is 1.64. The van der Waals surface area contributed by atoms with Gasteiger partial charge in [-0.2, -0.15) is 26.3 Å². The maximum atomic E-state index is 12.7. The molecule has 8 heteroatoms. The van der Waals surface area contributed by atoms with Gasteiger partial charge in [-0.15, -0.1) is 0 Å². The first kappa shape index (κ1) is 15.8. The molecule has 0 unspecified atom stereocenters. The van der Waals surface area contributed by atoms with Crippen LogP contribution in [0.5, 0.6) is 0 Å². The summed E-state index contributed by atoms with van der Waals surface area (Å²) < 4.78 is 75.6. The predicted molar refractivity (Wildman–Crippen MR) is 57.0 cm³/mol. The summed E-state index contributed by atoms with van der Waals surface area (Å²) in [6, 6.07) is 0.0306. The fourth-order valence-corrected chi connectivity index (χ4v) is 1.64. The molecule has 0 fully saturated rings. The van der Waals surface area contributed by atoms with Crippen molar-refractivity contribution in [3.05, 3.63) is 34.9 Å². The third kappa shape index (κ3) is 3.84. The zero-order valence-corrected chi connectivity index (χ0v) is 9.65. The molecule has 0 spiro atoms. The fraction of sp³-hybridized carbons (Fsp3) is 0.455. The molecule has 1 rings (SSSR count). The molecular formula is C11H12F6N2. The highest BCUT2D eigenvalue weighted by Crippen LogP contribution is 2.38. The van der Waals surface area contributed by atoms with Crippen LogP contribution in [0.15, 0.2) is 18.2 Å². The van der Waals surface area contributed by atoms with Gasteiger partial charge in [-0.3, -0.25) is 0 Å². The summed E-state index contributed by atoms with van der Waals surface area (Å²) in [5.41, 5.74) is 7.71. The quantitative estimate of drug-likeness (QED) is 0.839. The minimum atomic E-state index is -4.76. The van der Waals surface area contributed by atoms with E-state index in [4.69, 9.17) is 11.5 Å². The SMILES string of the molecule is NCC[C@H](N)c1cc(C(F)(F)F)ccc1C(F)(F)F. The topological polar surface area (TPSA) is 52.0 Å². The van der Waals surface area contributed by atoms with Crippen molar-refractivity contribution >= 4 is 0 Å². The van der Waals surface area contributed by atoms with Gasteiger partial charge in [0.25, 0.3) is 0 Å². The summed E-state index contributed by atoms with van der Waals surface area (Å²) in [7, 11) is 0. The standard InChI is InChI=1S/C11H12F6N2/c12-10(13,14)6-1-2-8(11(15,16)17)7(5-6)9(19)3-4-18/h1-2,5,9H,3-4,18-19H2/t9-/m0/s1. The van der Waals surface area contributed by atoms with E-state index < -0.39 is 35.1 Å². The molecule has 0 aliphatic rings. The number of alkyl halides is 6. The maximum absolute atomic E-state index is 12.7. The molecule has 0 amide bonds. The van der Waals surface area contributed by atoms with Crippen molar-refractivity contribution in [3.63, 3.8) is 0 Å². The second-order valence-electron chi connectivity index (χ2n) is 3.98. The van der Waals surface area contributed by atoms with Gasteiger partial charge in [0.1, 0.15) is 0 Å². The number of hydrogen-bond acceptors (Lipinski definition) is 2. The van der Waals surface area contributed by atoms with Crippen molar-refractivity contribution in [2.75, 3.05) is 6.54 Å². The van der Waals surface area contributed by atoms with Gasteiger partial charge < -0.3 is 11.5 Å². The van der Waals surface area contributed by atoms with Gasteiger partial charge in [0.05, 0.1) is 11.1 Å². The van der Waals surface area contributed by atoms with Crippen molar-refractivity contribution in [2.24, 2.45) is 11.5 Å². The van der Waals surface area contributed by atoms with Crippen LogP contribution in [-0.4, -0.2) is 6.54 Å². The predicted octanol–water partition coefficient (Wildman–Crippen LogP) is 3.07. The van der Waals surface area contributed by atoms with Crippen molar-refractivity contribution in [1.29, 1.82) is 0 Å². The highest BCUT2D eigenvalue weighted by Gasteiger charge is 2.37. The molecule has 0 saturated carbocycles. The molecule has 108 valence electrons. The van der Waals surface area contributed by atoms with E-state index in [1.807, 2.05) is 0 Å². The molecule has 0 bridgehead atoms. The first-order chi connectivity index (χ1) is 8.57. The van der Waals surface area contributed by atoms with Gasteiger partial charge in [0.2, 0.25) is 0 Å². The van der Waals surface area contributed by atoms with E-state index in [1.165, 1.54) is 0 Å². The van der Waals surface area contributed by atoms with Crippen LogP contribution in [0.3, 0.4) is 0 Å². The summed E-state index contributed by atoms with van der Waals surface area (Å²) in [5.74, 6) is 0. The zero-order valence-electron chi connectivity index (χ0n) is 9.65. The van der Waals surface area contributed by atoms with Gasteiger partial charge in [0, 0.05) is 6.04 Å². The Morgan fingerprint density at radius 3 is 2.00 bits per heavy atom. The van der Waals surface area contributed by atoms with Crippen LogP contribution >= 0.6 is 0 Å². The average Bonchev–Trinajstić information content (AvgIpc) is 2.26. The van der Waals surface area contributed by atoms with E-state index in [9.17, 15) is 26.3 Å². The summed E-state index contributed by atoms with van der Waals surface area (Å²) in [6.45, 7) is -0.0191. The van der Waals surface area contributed by atoms with Gasteiger partial charge in [0.15, 0.2) is 0 Å². The van der Waals surface area contributed by atoms with E-state index in [-0.39, 0.29) is 13.0 Å². The Morgan fingerprint density at radius 2 is 1.58 bits per heavy atom. The summed E-state index contributed by atoms with van der Waals surface area (Å²) >= 11 is 0. The van der Waals surface area contributed by atoms with E-state index in [0.29, 0.717) is 18.2 Å². The highest BCUT2D eigenvalue weighted by atomic mass is 19.4. The van der Waals surface area contributed by atoms with E-state index in [0.717, 1.165) is 0 Å². The van der Waals surface area contributed by atoms with Gasteiger partial charge >= 0.3 is 12.4 Å². The lowest BCUT2D eigenvalue weighted by atomic mass is 9.95. The molecule has 0 aromatic heterocycles. The molecule has 2 nitrogen and oxygen atoms in total. The first-order valence-corrected chi connectivity index (χ1v) is 5.31. The van der Waals surface area contributed by atoms with E-state index >= 15 is 0 Å². The molecule has 0 aliphatic carbocycles. The van der Waals surface area contributed by atoms with Gasteiger partial charge in [-0.1, -0.05) is 0 Å². The number of hydrogen-bond donors (Lipinski definition) is 2. The molecule has 1 atom stereocenters. The van der Waals surface area contributed by atoms with Gasteiger partial charge in [-0.25, -0.2) is 0 Å². The first-order valence-electron chi connectivity index (χ1n) is 5.31.